The number of ether oxygens (including phenoxy) is 1. The van der Waals surface area contributed by atoms with Gasteiger partial charge in [0.2, 0.25) is 0 Å². The van der Waals surface area contributed by atoms with Crippen molar-refractivity contribution < 1.29 is 9.53 Å². The first-order valence-corrected chi connectivity index (χ1v) is 7.67. The zero-order chi connectivity index (χ0) is 14.4. The van der Waals surface area contributed by atoms with Crippen LogP contribution >= 0.6 is 0 Å². The smallest absolute Gasteiger partial charge is 0.327 e. The molecule has 20 heavy (non-hydrogen) atoms. The maximum Gasteiger partial charge on any atom is 0.327 e. The van der Waals surface area contributed by atoms with Gasteiger partial charge in [0.15, 0.2) is 0 Å². The Bertz CT molecular complexity index is 421. The number of methoxy groups -OCH3 is 1. The highest BCUT2D eigenvalue weighted by atomic mass is 16.5. The molecule has 3 heteroatoms. The summed E-state index contributed by atoms with van der Waals surface area (Å²) in [6.45, 7) is 2.13. The molecule has 0 radical (unpaired) electrons. The average Bonchev–Trinajstić information content (AvgIpc) is 2.53. The SMILES string of the molecule is CCc1ccc(C(NC2CCCCC2)C(=O)OC)cc1. The molecule has 1 unspecified atom stereocenters. The van der Waals surface area contributed by atoms with E-state index >= 15 is 0 Å². The van der Waals surface area contributed by atoms with E-state index in [1.54, 1.807) is 0 Å². The first-order chi connectivity index (χ1) is 9.74. The first-order valence-electron chi connectivity index (χ1n) is 7.67. The van der Waals surface area contributed by atoms with Crippen molar-refractivity contribution in [2.75, 3.05) is 7.11 Å². The third kappa shape index (κ3) is 3.83. The van der Waals surface area contributed by atoms with Crippen LogP contribution in [0, 0.1) is 0 Å². The van der Waals surface area contributed by atoms with Crippen molar-refractivity contribution in [1.82, 2.24) is 5.32 Å². The fourth-order valence-electron chi connectivity index (χ4n) is 2.87. The summed E-state index contributed by atoms with van der Waals surface area (Å²) < 4.78 is 4.96. The molecule has 1 N–H and O–H groups in total. The van der Waals surface area contributed by atoms with E-state index in [4.69, 9.17) is 4.74 Å². The topological polar surface area (TPSA) is 38.3 Å². The molecule has 1 aliphatic carbocycles. The third-order valence-corrected chi connectivity index (χ3v) is 4.17. The lowest BCUT2D eigenvalue weighted by atomic mass is 9.93. The zero-order valence-corrected chi connectivity index (χ0v) is 12.5. The summed E-state index contributed by atoms with van der Waals surface area (Å²) in [7, 11) is 1.46. The number of rotatable bonds is 5. The van der Waals surface area contributed by atoms with Crippen molar-refractivity contribution in [3.05, 3.63) is 35.4 Å². The maximum atomic E-state index is 12.1. The van der Waals surface area contributed by atoms with Gasteiger partial charge in [0, 0.05) is 6.04 Å². The maximum absolute atomic E-state index is 12.1. The van der Waals surface area contributed by atoms with Crippen molar-refractivity contribution >= 4 is 5.97 Å². The Labute approximate surface area is 121 Å². The number of aryl methyl sites for hydroxylation is 1. The normalized spacial score (nSPS) is 17.7. The predicted octanol–water partition coefficient (Wildman–Crippen LogP) is 3.39. The van der Waals surface area contributed by atoms with Gasteiger partial charge in [-0.2, -0.15) is 0 Å². The molecule has 1 atom stereocenters. The first kappa shape index (κ1) is 15.0. The number of esters is 1. The van der Waals surface area contributed by atoms with Crippen LogP contribution < -0.4 is 5.32 Å². The molecule has 0 amide bonds. The van der Waals surface area contributed by atoms with E-state index in [1.165, 1.54) is 31.9 Å². The van der Waals surface area contributed by atoms with Gasteiger partial charge in [-0.3, -0.25) is 5.32 Å². The van der Waals surface area contributed by atoms with Crippen LogP contribution in [0.1, 0.15) is 56.2 Å². The molecule has 2 rings (SSSR count). The van der Waals surface area contributed by atoms with E-state index in [2.05, 4.69) is 24.4 Å². The van der Waals surface area contributed by atoms with Crippen LogP contribution in [0.4, 0.5) is 0 Å². The zero-order valence-electron chi connectivity index (χ0n) is 12.5. The quantitative estimate of drug-likeness (QED) is 0.837. The Morgan fingerprint density at radius 3 is 2.45 bits per heavy atom. The van der Waals surface area contributed by atoms with E-state index < -0.39 is 0 Å². The minimum absolute atomic E-state index is 0.195. The van der Waals surface area contributed by atoms with Crippen LogP contribution in [-0.4, -0.2) is 19.1 Å². The minimum Gasteiger partial charge on any atom is -0.468 e. The van der Waals surface area contributed by atoms with Gasteiger partial charge in [0.25, 0.3) is 0 Å². The summed E-state index contributed by atoms with van der Waals surface area (Å²) in [4.78, 5) is 12.1. The highest BCUT2D eigenvalue weighted by molar-refractivity contribution is 5.77. The summed E-state index contributed by atoms with van der Waals surface area (Å²) in [5.74, 6) is -0.195. The Kier molecular flexibility index (Phi) is 5.60. The van der Waals surface area contributed by atoms with Crippen LogP contribution in [0.15, 0.2) is 24.3 Å². The van der Waals surface area contributed by atoms with E-state index in [9.17, 15) is 4.79 Å². The summed E-state index contributed by atoms with van der Waals surface area (Å²) in [6, 6.07) is 8.35. The molecule has 1 aromatic carbocycles. The molecule has 0 spiro atoms. The standard InChI is InChI=1S/C17H25NO2/c1-3-13-9-11-14(12-10-13)16(17(19)20-2)18-15-7-5-4-6-8-15/h9-12,15-16,18H,3-8H2,1-2H3. The van der Waals surface area contributed by atoms with Gasteiger partial charge in [-0.1, -0.05) is 50.5 Å². The molecular weight excluding hydrogens is 250 g/mol. The Hall–Kier alpha value is -1.35. The molecule has 0 heterocycles. The van der Waals surface area contributed by atoms with Crippen LogP contribution in [0.2, 0.25) is 0 Å². The Morgan fingerprint density at radius 1 is 1.25 bits per heavy atom. The molecule has 110 valence electrons. The summed E-state index contributed by atoms with van der Waals surface area (Å²) in [5.41, 5.74) is 2.29. The van der Waals surface area contributed by atoms with Crippen molar-refractivity contribution in [3.63, 3.8) is 0 Å². The second-order valence-corrected chi connectivity index (χ2v) is 5.55. The van der Waals surface area contributed by atoms with Gasteiger partial charge in [-0.25, -0.2) is 4.79 Å². The number of carbonyl (C=O) groups is 1. The number of carbonyl (C=O) groups excluding carboxylic acids is 1. The largest absolute Gasteiger partial charge is 0.468 e. The highest BCUT2D eigenvalue weighted by Crippen LogP contribution is 2.23. The molecule has 1 aromatic rings. The number of hydrogen-bond donors (Lipinski definition) is 1. The van der Waals surface area contributed by atoms with Crippen molar-refractivity contribution in [3.8, 4) is 0 Å². The van der Waals surface area contributed by atoms with E-state index in [-0.39, 0.29) is 12.0 Å². The minimum atomic E-state index is -0.339. The fraction of sp³-hybridized carbons (Fsp3) is 0.588. The van der Waals surface area contributed by atoms with E-state index in [0.29, 0.717) is 6.04 Å². The van der Waals surface area contributed by atoms with E-state index in [1.807, 2.05) is 12.1 Å². The van der Waals surface area contributed by atoms with E-state index in [0.717, 1.165) is 24.8 Å². The summed E-state index contributed by atoms with van der Waals surface area (Å²) in [5, 5.41) is 3.49. The Balaban J connectivity index is 2.10. The van der Waals surface area contributed by atoms with Gasteiger partial charge < -0.3 is 4.74 Å². The van der Waals surface area contributed by atoms with Gasteiger partial charge in [0.05, 0.1) is 7.11 Å². The molecule has 1 aliphatic rings. The number of hydrogen-bond acceptors (Lipinski definition) is 3. The molecule has 0 saturated heterocycles. The molecule has 0 bridgehead atoms. The van der Waals surface area contributed by atoms with Crippen molar-refractivity contribution in [1.29, 1.82) is 0 Å². The molecule has 3 nitrogen and oxygen atoms in total. The Morgan fingerprint density at radius 2 is 1.90 bits per heavy atom. The van der Waals surface area contributed by atoms with Crippen LogP contribution in [-0.2, 0) is 16.0 Å². The lowest BCUT2D eigenvalue weighted by Crippen LogP contribution is -2.38. The summed E-state index contributed by atoms with van der Waals surface area (Å²) >= 11 is 0. The second-order valence-electron chi connectivity index (χ2n) is 5.55. The van der Waals surface area contributed by atoms with Gasteiger partial charge >= 0.3 is 5.97 Å². The van der Waals surface area contributed by atoms with Gasteiger partial charge in [-0.05, 0) is 30.4 Å². The molecule has 0 aromatic heterocycles. The number of benzene rings is 1. The third-order valence-electron chi connectivity index (χ3n) is 4.17. The monoisotopic (exact) mass is 275 g/mol. The van der Waals surface area contributed by atoms with Crippen molar-refractivity contribution in [2.45, 2.75) is 57.5 Å². The number of nitrogens with one attached hydrogen (secondary N) is 1. The second kappa shape index (κ2) is 7.44. The lowest BCUT2D eigenvalue weighted by molar-refractivity contribution is -0.143. The fourth-order valence-corrected chi connectivity index (χ4v) is 2.87. The highest BCUT2D eigenvalue weighted by Gasteiger charge is 2.25. The summed E-state index contributed by atoms with van der Waals surface area (Å²) in [6.07, 6.45) is 7.13. The molecule has 1 fully saturated rings. The van der Waals surface area contributed by atoms with Crippen LogP contribution in [0.3, 0.4) is 0 Å². The molecule has 1 saturated carbocycles. The van der Waals surface area contributed by atoms with Crippen LogP contribution in [0.5, 0.6) is 0 Å². The van der Waals surface area contributed by atoms with Gasteiger partial charge in [-0.15, -0.1) is 0 Å². The van der Waals surface area contributed by atoms with Crippen molar-refractivity contribution in [2.24, 2.45) is 0 Å². The van der Waals surface area contributed by atoms with Gasteiger partial charge in [0.1, 0.15) is 6.04 Å². The molecular formula is C17H25NO2. The lowest BCUT2D eigenvalue weighted by Gasteiger charge is -2.27. The van der Waals surface area contributed by atoms with Crippen LogP contribution in [0.25, 0.3) is 0 Å². The average molecular weight is 275 g/mol. The predicted molar refractivity (Wildman–Crippen MR) is 80.6 cm³/mol. The molecule has 0 aliphatic heterocycles.